The van der Waals surface area contributed by atoms with Crippen LogP contribution in [0.1, 0.15) is 0 Å². The van der Waals surface area contributed by atoms with Crippen molar-refractivity contribution in [1.29, 1.82) is 0 Å². The first-order valence-corrected chi connectivity index (χ1v) is 2.52. The monoisotopic (exact) mass is 153 g/mol. The molecular formula is C4H9F2N3O. The van der Waals surface area contributed by atoms with E-state index in [0.29, 0.717) is 0 Å². The number of aliphatic hydroxyl groups excluding tert-OH is 1. The molecule has 4 nitrogen and oxygen atoms in total. The van der Waals surface area contributed by atoms with Crippen molar-refractivity contribution in [3.8, 4) is 0 Å². The normalized spacial score (nSPS) is 11.1. The second-order valence-electron chi connectivity index (χ2n) is 1.76. The van der Waals surface area contributed by atoms with Gasteiger partial charge in [0.2, 0.25) is 0 Å². The molecule has 6 heteroatoms. The summed E-state index contributed by atoms with van der Waals surface area (Å²) >= 11 is 0. The van der Waals surface area contributed by atoms with Crippen molar-refractivity contribution >= 4 is 5.96 Å². The lowest BCUT2D eigenvalue weighted by atomic mass is 10.4. The molecule has 0 fully saturated rings. The third kappa shape index (κ3) is 4.02. The summed E-state index contributed by atoms with van der Waals surface area (Å²) in [4.78, 5) is 3.03. The summed E-state index contributed by atoms with van der Waals surface area (Å²) in [6.07, 6.45) is 0. The average molecular weight is 153 g/mol. The Hall–Kier alpha value is -0.910. The second kappa shape index (κ2) is 3.31. The Morgan fingerprint density at radius 3 is 2.30 bits per heavy atom. The molecule has 0 unspecified atom stereocenters. The molecule has 0 saturated heterocycles. The Bertz CT molecular complexity index is 132. The van der Waals surface area contributed by atoms with Crippen LogP contribution < -0.4 is 11.5 Å². The van der Waals surface area contributed by atoms with E-state index in [4.69, 9.17) is 16.6 Å². The van der Waals surface area contributed by atoms with E-state index in [1.54, 1.807) is 0 Å². The fraction of sp³-hybridized carbons (Fsp3) is 0.750. The smallest absolute Gasteiger partial charge is 0.289 e. The molecule has 10 heavy (non-hydrogen) atoms. The Balaban J connectivity index is 3.78. The van der Waals surface area contributed by atoms with Crippen molar-refractivity contribution in [3.05, 3.63) is 0 Å². The number of nitrogens with zero attached hydrogens (tertiary/aromatic N) is 1. The number of aliphatic hydroxyl groups is 1. The predicted octanol–water partition coefficient (Wildman–Crippen LogP) is -1.11. The highest BCUT2D eigenvalue weighted by atomic mass is 19.3. The summed E-state index contributed by atoms with van der Waals surface area (Å²) in [5.74, 6) is -3.63. The van der Waals surface area contributed by atoms with Gasteiger partial charge in [0, 0.05) is 0 Å². The van der Waals surface area contributed by atoms with Gasteiger partial charge in [0.15, 0.2) is 5.96 Å². The Morgan fingerprint density at radius 1 is 1.50 bits per heavy atom. The van der Waals surface area contributed by atoms with Crippen molar-refractivity contribution in [3.63, 3.8) is 0 Å². The van der Waals surface area contributed by atoms with E-state index in [1.807, 2.05) is 0 Å². The minimum absolute atomic E-state index is 0.409. The van der Waals surface area contributed by atoms with Gasteiger partial charge in [0.25, 0.3) is 5.92 Å². The van der Waals surface area contributed by atoms with Gasteiger partial charge in [-0.05, 0) is 0 Å². The van der Waals surface area contributed by atoms with Crippen LogP contribution in [0, 0.1) is 0 Å². The molecule has 5 N–H and O–H groups in total. The summed E-state index contributed by atoms with van der Waals surface area (Å²) < 4.78 is 24.1. The highest BCUT2D eigenvalue weighted by molar-refractivity contribution is 5.75. The van der Waals surface area contributed by atoms with E-state index in [9.17, 15) is 8.78 Å². The summed E-state index contributed by atoms with van der Waals surface area (Å²) in [6.45, 7) is -2.12. The third-order valence-electron chi connectivity index (χ3n) is 0.724. The maximum absolute atomic E-state index is 12.0. The van der Waals surface area contributed by atoms with Gasteiger partial charge in [0.05, 0.1) is 0 Å². The van der Waals surface area contributed by atoms with Gasteiger partial charge in [-0.15, -0.1) is 0 Å². The standard InChI is InChI=1S/C4H9F2N3O/c5-4(6,2-10)1-9-3(7)8/h10H,1-2H2,(H4,7,8,9). The fourth-order valence-corrected chi connectivity index (χ4v) is 0.257. The molecule has 0 aromatic carbocycles. The molecule has 0 spiro atoms. The predicted molar refractivity (Wildman–Crippen MR) is 32.7 cm³/mol. The number of aliphatic imine (C=N–C) groups is 1. The van der Waals surface area contributed by atoms with E-state index in [2.05, 4.69) is 4.99 Å². The van der Waals surface area contributed by atoms with Gasteiger partial charge in [-0.3, -0.25) is 0 Å². The molecule has 0 aliphatic carbocycles. The largest absolute Gasteiger partial charge is 0.390 e. The molecule has 0 aliphatic rings. The summed E-state index contributed by atoms with van der Waals surface area (Å²) in [7, 11) is 0. The first-order chi connectivity index (χ1) is 4.48. The van der Waals surface area contributed by atoms with Crippen LogP contribution in [-0.2, 0) is 0 Å². The number of halogens is 2. The number of hydrogen-bond donors (Lipinski definition) is 3. The minimum Gasteiger partial charge on any atom is -0.390 e. The molecule has 0 atom stereocenters. The third-order valence-corrected chi connectivity index (χ3v) is 0.724. The summed E-state index contributed by atoms with van der Waals surface area (Å²) in [6, 6.07) is 0. The lowest BCUT2D eigenvalue weighted by Gasteiger charge is -2.08. The molecule has 0 rings (SSSR count). The van der Waals surface area contributed by atoms with Gasteiger partial charge in [0.1, 0.15) is 13.2 Å². The Kier molecular flexibility index (Phi) is 3.01. The molecule has 0 aliphatic heterocycles. The average Bonchev–Trinajstić information content (AvgIpc) is 1.85. The zero-order valence-electron chi connectivity index (χ0n) is 5.22. The topological polar surface area (TPSA) is 84.6 Å². The van der Waals surface area contributed by atoms with E-state index in [0.717, 1.165) is 0 Å². The molecule has 0 bridgehead atoms. The summed E-state index contributed by atoms with van der Waals surface area (Å²) in [5.41, 5.74) is 9.53. The van der Waals surface area contributed by atoms with Crippen LogP contribution in [0.15, 0.2) is 4.99 Å². The van der Waals surface area contributed by atoms with Gasteiger partial charge in [-0.25, -0.2) is 13.8 Å². The molecule has 0 heterocycles. The number of guanidine groups is 1. The Morgan fingerprint density at radius 2 is 2.00 bits per heavy atom. The maximum atomic E-state index is 12.0. The van der Waals surface area contributed by atoms with E-state index < -0.39 is 25.0 Å². The highest BCUT2D eigenvalue weighted by Crippen LogP contribution is 2.11. The molecule has 0 aromatic rings. The van der Waals surface area contributed by atoms with Crippen molar-refractivity contribution in [2.45, 2.75) is 5.92 Å². The van der Waals surface area contributed by atoms with Crippen LogP contribution in [0.25, 0.3) is 0 Å². The molecule has 0 radical (unpaired) electrons. The molecule has 60 valence electrons. The highest BCUT2D eigenvalue weighted by Gasteiger charge is 2.26. The van der Waals surface area contributed by atoms with Gasteiger partial charge >= 0.3 is 0 Å². The quantitative estimate of drug-likeness (QED) is 0.355. The van der Waals surface area contributed by atoms with E-state index in [1.165, 1.54) is 0 Å². The van der Waals surface area contributed by atoms with E-state index in [-0.39, 0.29) is 0 Å². The van der Waals surface area contributed by atoms with Crippen LogP contribution >= 0.6 is 0 Å². The van der Waals surface area contributed by atoms with Crippen molar-refractivity contribution in [2.75, 3.05) is 13.2 Å². The zero-order chi connectivity index (χ0) is 8.20. The van der Waals surface area contributed by atoms with Crippen LogP contribution in [0.3, 0.4) is 0 Å². The lowest BCUT2D eigenvalue weighted by molar-refractivity contribution is -0.0404. The molecular weight excluding hydrogens is 144 g/mol. The van der Waals surface area contributed by atoms with Crippen molar-refractivity contribution in [2.24, 2.45) is 16.5 Å². The molecule has 0 amide bonds. The SMILES string of the molecule is NC(N)=NCC(F)(F)CO. The zero-order valence-corrected chi connectivity index (χ0v) is 5.22. The van der Waals surface area contributed by atoms with Crippen LogP contribution in [0.2, 0.25) is 0 Å². The van der Waals surface area contributed by atoms with Crippen molar-refractivity contribution in [1.82, 2.24) is 0 Å². The van der Waals surface area contributed by atoms with Gasteiger partial charge in [-0.2, -0.15) is 0 Å². The van der Waals surface area contributed by atoms with E-state index >= 15 is 0 Å². The Labute approximate surface area is 56.5 Å². The number of rotatable bonds is 3. The first kappa shape index (κ1) is 9.09. The maximum Gasteiger partial charge on any atom is 0.289 e. The van der Waals surface area contributed by atoms with Crippen molar-refractivity contribution < 1.29 is 13.9 Å². The lowest BCUT2D eigenvalue weighted by Crippen LogP contribution is -2.30. The van der Waals surface area contributed by atoms with Crippen LogP contribution in [0.4, 0.5) is 8.78 Å². The molecule has 0 aromatic heterocycles. The second-order valence-corrected chi connectivity index (χ2v) is 1.76. The first-order valence-electron chi connectivity index (χ1n) is 2.52. The summed E-state index contributed by atoms with van der Waals surface area (Å²) in [5, 5.41) is 8.01. The fourth-order valence-electron chi connectivity index (χ4n) is 0.257. The van der Waals surface area contributed by atoms with Crippen LogP contribution in [-0.4, -0.2) is 30.1 Å². The minimum atomic E-state index is -3.22. The number of nitrogens with two attached hydrogens (primary N) is 2. The van der Waals surface area contributed by atoms with Gasteiger partial charge in [-0.1, -0.05) is 0 Å². The molecule has 0 saturated carbocycles. The number of hydrogen-bond acceptors (Lipinski definition) is 2. The van der Waals surface area contributed by atoms with Crippen LogP contribution in [0.5, 0.6) is 0 Å². The van der Waals surface area contributed by atoms with Gasteiger partial charge < -0.3 is 16.6 Å². The number of alkyl halides is 2.